The van der Waals surface area contributed by atoms with Gasteiger partial charge in [0.05, 0.1) is 6.54 Å². The molecule has 2 fully saturated rings. The molecule has 0 aliphatic carbocycles. The summed E-state index contributed by atoms with van der Waals surface area (Å²) in [6, 6.07) is 4.21. The number of aliphatic imine (C=N–C) groups is 1. The third kappa shape index (κ3) is 5.94. The van der Waals surface area contributed by atoms with Crippen LogP contribution in [-0.2, 0) is 6.54 Å². The van der Waals surface area contributed by atoms with Crippen molar-refractivity contribution < 1.29 is 0 Å². The number of guanidine groups is 1. The first-order valence-electron chi connectivity index (χ1n) is 10.2. The maximum absolute atomic E-state index is 6.28. The van der Waals surface area contributed by atoms with Gasteiger partial charge >= 0.3 is 0 Å². The molecule has 4 heterocycles. The molecule has 0 unspecified atom stereocenters. The molecule has 0 bridgehead atoms. The summed E-state index contributed by atoms with van der Waals surface area (Å²) >= 11 is 1.69. The number of hydrogen-bond acceptors (Lipinski definition) is 6. The summed E-state index contributed by atoms with van der Waals surface area (Å²) in [4.78, 5) is 20.5. The highest BCUT2D eigenvalue weighted by atomic mass is 127. The fourth-order valence-electron chi connectivity index (χ4n) is 3.80. The van der Waals surface area contributed by atoms with Crippen LogP contribution in [0.2, 0.25) is 0 Å². The molecule has 158 valence electrons. The van der Waals surface area contributed by atoms with E-state index in [1.54, 1.807) is 11.3 Å². The van der Waals surface area contributed by atoms with E-state index in [1.807, 2.05) is 23.8 Å². The minimum absolute atomic E-state index is 0. The van der Waals surface area contributed by atoms with E-state index in [-0.39, 0.29) is 24.0 Å². The Morgan fingerprint density at radius 2 is 1.72 bits per heavy atom. The number of aromatic nitrogens is 2. The standard InChI is InChI=1S/C20H29N7S.HI/c21-19(26-10-12-27(13-11-26)20-23-7-14-28-20)24-16-17-5-6-22-18(15-17)25-8-3-1-2-4-9-25;/h5-7,14-15H,1-4,8-13,16H2,(H2,21,24);1H. The van der Waals surface area contributed by atoms with Crippen molar-refractivity contribution in [2.75, 3.05) is 49.1 Å². The molecule has 0 atom stereocenters. The Labute approximate surface area is 194 Å². The molecule has 0 spiro atoms. The maximum Gasteiger partial charge on any atom is 0.191 e. The number of rotatable bonds is 4. The lowest BCUT2D eigenvalue weighted by Gasteiger charge is -2.35. The summed E-state index contributed by atoms with van der Waals surface area (Å²) in [7, 11) is 0. The summed E-state index contributed by atoms with van der Waals surface area (Å²) in [5, 5.41) is 3.11. The van der Waals surface area contributed by atoms with Crippen LogP contribution in [-0.4, -0.2) is 60.1 Å². The molecule has 2 aliphatic rings. The third-order valence-corrected chi connectivity index (χ3v) is 6.29. The molecular weight excluding hydrogens is 497 g/mol. The average molecular weight is 527 g/mol. The van der Waals surface area contributed by atoms with Gasteiger partial charge in [-0.05, 0) is 30.5 Å². The fraction of sp³-hybridized carbons (Fsp3) is 0.550. The monoisotopic (exact) mass is 527 g/mol. The smallest absolute Gasteiger partial charge is 0.191 e. The Bertz CT molecular complexity index is 767. The normalized spacial score (nSPS) is 18.3. The van der Waals surface area contributed by atoms with Crippen LogP contribution >= 0.6 is 35.3 Å². The number of piperazine rings is 1. The molecule has 29 heavy (non-hydrogen) atoms. The summed E-state index contributed by atoms with van der Waals surface area (Å²) in [5.74, 6) is 1.71. The van der Waals surface area contributed by atoms with Crippen LogP contribution in [0.25, 0.3) is 0 Å². The van der Waals surface area contributed by atoms with Crippen LogP contribution in [0.15, 0.2) is 34.9 Å². The van der Waals surface area contributed by atoms with Crippen LogP contribution in [0.1, 0.15) is 31.2 Å². The molecule has 2 aromatic rings. The molecule has 9 heteroatoms. The topological polar surface area (TPSA) is 73.9 Å². The van der Waals surface area contributed by atoms with Gasteiger partial charge in [-0.1, -0.05) is 12.8 Å². The Morgan fingerprint density at radius 3 is 2.41 bits per heavy atom. The highest BCUT2D eigenvalue weighted by Gasteiger charge is 2.19. The van der Waals surface area contributed by atoms with Gasteiger partial charge in [-0.3, -0.25) is 0 Å². The van der Waals surface area contributed by atoms with Gasteiger partial charge < -0.3 is 20.4 Å². The van der Waals surface area contributed by atoms with Crippen LogP contribution in [0, 0.1) is 0 Å². The van der Waals surface area contributed by atoms with E-state index < -0.39 is 0 Å². The van der Waals surface area contributed by atoms with E-state index in [2.05, 4.69) is 35.7 Å². The predicted octanol–water partition coefficient (Wildman–Crippen LogP) is 3.17. The number of hydrogen-bond donors (Lipinski definition) is 1. The van der Waals surface area contributed by atoms with Crippen molar-refractivity contribution in [3.8, 4) is 0 Å². The molecular formula is C20H30IN7S. The van der Waals surface area contributed by atoms with E-state index in [9.17, 15) is 0 Å². The van der Waals surface area contributed by atoms with Crippen molar-refractivity contribution in [2.24, 2.45) is 10.7 Å². The van der Waals surface area contributed by atoms with Gasteiger partial charge in [0.1, 0.15) is 5.82 Å². The quantitative estimate of drug-likeness (QED) is 0.374. The third-order valence-electron chi connectivity index (χ3n) is 5.46. The zero-order valence-electron chi connectivity index (χ0n) is 16.7. The SMILES string of the molecule is I.NC(=NCc1ccnc(N2CCCCCC2)c1)N1CCN(c2nccs2)CC1. The second-order valence-corrected chi connectivity index (χ2v) is 8.26. The van der Waals surface area contributed by atoms with Gasteiger partial charge in [0.2, 0.25) is 0 Å². The average Bonchev–Trinajstić information content (AvgIpc) is 3.15. The maximum atomic E-state index is 6.28. The first-order chi connectivity index (χ1) is 13.8. The number of anilines is 2. The van der Waals surface area contributed by atoms with Crippen molar-refractivity contribution in [3.63, 3.8) is 0 Å². The van der Waals surface area contributed by atoms with E-state index in [0.29, 0.717) is 12.5 Å². The molecule has 2 saturated heterocycles. The van der Waals surface area contributed by atoms with Crippen LogP contribution in [0.5, 0.6) is 0 Å². The second-order valence-electron chi connectivity index (χ2n) is 7.39. The molecule has 2 aromatic heterocycles. The number of halogens is 1. The van der Waals surface area contributed by atoms with Crippen molar-refractivity contribution in [1.29, 1.82) is 0 Å². The summed E-state index contributed by atoms with van der Waals surface area (Å²) in [5.41, 5.74) is 7.45. The van der Waals surface area contributed by atoms with Crippen molar-refractivity contribution in [1.82, 2.24) is 14.9 Å². The fourth-order valence-corrected chi connectivity index (χ4v) is 4.50. The highest BCUT2D eigenvalue weighted by molar-refractivity contribution is 14.0. The van der Waals surface area contributed by atoms with Crippen molar-refractivity contribution in [2.45, 2.75) is 32.2 Å². The Kier molecular flexibility index (Phi) is 8.34. The van der Waals surface area contributed by atoms with E-state index in [4.69, 9.17) is 5.73 Å². The summed E-state index contributed by atoms with van der Waals surface area (Å²) < 4.78 is 0. The molecule has 7 nitrogen and oxygen atoms in total. The molecule has 2 aliphatic heterocycles. The van der Waals surface area contributed by atoms with Gasteiger partial charge in [-0.15, -0.1) is 35.3 Å². The van der Waals surface area contributed by atoms with Gasteiger partial charge in [-0.25, -0.2) is 15.0 Å². The lowest BCUT2D eigenvalue weighted by molar-refractivity contribution is 0.380. The Balaban J connectivity index is 0.00000240. The van der Waals surface area contributed by atoms with Crippen LogP contribution in [0.4, 0.5) is 10.9 Å². The van der Waals surface area contributed by atoms with E-state index >= 15 is 0 Å². The zero-order chi connectivity index (χ0) is 19.2. The Hall–Kier alpha value is -1.62. The lowest BCUT2D eigenvalue weighted by Crippen LogP contribution is -2.51. The Morgan fingerprint density at radius 1 is 0.966 bits per heavy atom. The summed E-state index contributed by atoms with van der Waals surface area (Å²) in [6.45, 7) is 6.42. The van der Waals surface area contributed by atoms with E-state index in [1.165, 1.54) is 31.2 Å². The van der Waals surface area contributed by atoms with Gasteiger partial charge in [0, 0.05) is 57.0 Å². The number of nitrogens with two attached hydrogens (primary N) is 1. The van der Waals surface area contributed by atoms with Gasteiger partial charge in [0.25, 0.3) is 0 Å². The predicted molar refractivity (Wildman–Crippen MR) is 132 cm³/mol. The molecule has 2 N–H and O–H groups in total. The molecule has 0 amide bonds. The second kappa shape index (κ2) is 11.0. The first kappa shape index (κ1) is 22.1. The zero-order valence-corrected chi connectivity index (χ0v) is 19.9. The lowest BCUT2D eigenvalue weighted by atomic mass is 10.2. The van der Waals surface area contributed by atoms with Crippen molar-refractivity contribution >= 4 is 52.2 Å². The first-order valence-corrected chi connectivity index (χ1v) is 11.1. The van der Waals surface area contributed by atoms with Crippen molar-refractivity contribution in [3.05, 3.63) is 35.5 Å². The molecule has 0 aromatic carbocycles. The molecule has 4 rings (SSSR count). The number of pyridine rings is 1. The molecule has 0 saturated carbocycles. The van der Waals surface area contributed by atoms with Crippen LogP contribution in [0.3, 0.4) is 0 Å². The number of thiazole rings is 1. The highest BCUT2D eigenvalue weighted by Crippen LogP contribution is 2.20. The molecule has 0 radical (unpaired) electrons. The summed E-state index contributed by atoms with van der Waals surface area (Å²) in [6.07, 6.45) is 8.92. The van der Waals surface area contributed by atoms with Gasteiger partial charge in [-0.2, -0.15) is 0 Å². The van der Waals surface area contributed by atoms with Gasteiger partial charge in [0.15, 0.2) is 11.1 Å². The minimum Gasteiger partial charge on any atom is -0.370 e. The van der Waals surface area contributed by atoms with E-state index in [0.717, 1.165) is 50.2 Å². The van der Waals surface area contributed by atoms with Crippen LogP contribution < -0.4 is 15.5 Å². The number of nitrogens with zero attached hydrogens (tertiary/aromatic N) is 6. The largest absolute Gasteiger partial charge is 0.370 e. The minimum atomic E-state index is 0.